The fourth-order valence-electron chi connectivity index (χ4n) is 8.31. The molecule has 4 heterocycles. The van der Waals surface area contributed by atoms with E-state index in [2.05, 4.69) is 70.3 Å². The number of nitrogens with zero attached hydrogens (tertiary/aromatic N) is 3. The van der Waals surface area contributed by atoms with Crippen LogP contribution in [0.15, 0.2) is 0 Å². The summed E-state index contributed by atoms with van der Waals surface area (Å²) in [6.07, 6.45) is 5.62. The van der Waals surface area contributed by atoms with Crippen molar-refractivity contribution in [1.82, 2.24) is 14.7 Å². The summed E-state index contributed by atoms with van der Waals surface area (Å²) in [5.74, 6) is 4.15. The summed E-state index contributed by atoms with van der Waals surface area (Å²) in [6, 6.07) is 3.02. The molecule has 0 amide bonds. The first-order chi connectivity index (χ1) is 12.2. The van der Waals surface area contributed by atoms with Crippen LogP contribution in [-0.4, -0.2) is 65.2 Å². The van der Waals surface area contributed by atoms with Crippen LogP contribution in [0.2, 0.25) is 0 Å². The van der Waals surface area contributed by atoms with E-state index in [1.54, 1.807) is 0 Å². The third kappa shape index (κ3) is 2.29. The fourth-order valence-corrected chi connectivity index (χ4v) is 8.31. The van der Waals surface area contributed by atoms with Crippen molar-refractivity contribution in [3.63, 3.8) is 0 Å². The summed E-state index contributed by atoms with van der Waals surface area (Å²) in [4.78, 5) is 8.47. The number of hydrogen-bond acceptors (Lipinski definition) is 3. The number of rotatable bonds is 1. The van der Waals surface area contributed by atoms with Crippen LogP contribution in [0.4, 0.5) is 0 Å². The van der Waals surface area contributed by atoms with E-state index in [1.165, 1.54) is 32.2 Å². The SMILES string of the molecule is CC1CCN(C)C12[C@@H](C1CC[C@H]3[C@@H](C)[C@@H](C)[C@@H](C)N3[C@H]1C)C[C@@H](C)N2C. The van der Waals surface area contributed by atoms with Crippen LogP contribution >= 0.6 is 0 Å². The molecule has 4 fully saturated rings. The van der Waals surface area contributed by atoms with Crippen molar-refractivity contribution in [3.8, 4) is 0 Å². The molecule has 4 aliphatic heterocycles. The second kappa shape index (κ2) is 6.46. The standard InChI is InChI=1S/C23H43N3/c1-14-11-12-24(7)23(14)21(13-15(2)25(23)8)20-9-10-22-17(4)16(3)18(5)26(22)19(20)6/h14-22H,9-13H2,1-8H3/t14?,15-,16-,17+,18-,19+,20?,21-,22+,23?/m1/s1. The Bertz CT molecular complexity index is 524. The third-order valence-electron chi connectivity index (χ3n) is 10.1. The minimum Gasteiger partial charge on any atom is -0.294 e. The summed E-state index contributed by atoms with van der Waals surface area (Å²) in [6.45, 7) is 16.4. The summed E-state index contributed by atoms with van der Waals surface area (Å²) in [7, 11) is 4.83. The topological polar surface area (TPSA) is 9.72 Å². The Hall–Kier alpha value is -0.120. The Kier molecular flexibility index (Phi) is 4.77. The molecule has 0 aromatic carbocycles. The first-order valence-electron chi connectivity index (χ1n) is 11.4. The average Bonchev–Trinajstić information content (AvgIpc) is 3.14. The highest BCUT2D eigenvalue weighted by atomic mass is 15.4. The summed E-state index contributed by atoms with van der Waals surface area (Å²) in [5.41, 5.74) is 0.297. The molecule has 1 spiro atoms. The van der Waals surface area contributed by atoms with Crippen LogP contribution in [0, 0.1) is 29.6 Å². The number of likely N-dealkylation sites (tertiary alicyclic amines) is 2. The Morgan fingerprint density at radius 1 is 0.808 bits per heavy atom. The van der Waals surface area contributed by atoms with Crippen molar-refractivity contribution in [2.24, 2.45) is 29.6 Å². The van der Waals surface area contributed by atoms with Gasteiger partial charge in [-0.05, 0) is 96.7 Å². The van der Waals surface area contributed by atoms with Gasteiger partial charge >= 0.3 is 0 Å². The van der Waals surface area contributed by atoms with Gasteiger partial charge in [-0.2, -0.15) is 0 Å². The van der Waals surface area contributed by atoms with E-state index in [0.29, 0.717) is 11.7 Å². The first kappa shape index (κ1) is 19.2. The molecule has 0 bridgehead atoms. The Labute approximate surface area is 162 Å². The van der Waals surface area contributed by atoms with Gasteiger partial charge in [0.15, 0.2) is 0 Å². The zero-order chi connectivity index (χ0) is 19.0. The zero-order valence-corrected chi connectivity index (χ0v) is 18.6. The van der Waals surface area contributed by atoms with Gasteiger partial charge in [-0.1, -0.05) is 20.8 Å². The van der Waals surface area contributed by atoms with Gasteiger partial charge in [0.25, 0.3) is 0 Å². The van der Waals surface area contributed by atoms with Gasteiger partial charge in [-0.15, -0.1) is 0 Å². The Morgan fingerprint density at radius 2 is 1.50 bits per heavy atom. The molecule has 4 rings (SSSR count). The van der Waals surface area contributed by atoms with Crippen molar-refractivity contribution in [3.05, 3.63) is 0 Å². The number of piperidine rings is 1. The predicted molar refractivity (Wildman–Crippen MR) is 110 cm³/mol. The summed E-state index contributed by atoms with van der Waals surface area (Å²) < 4.78 is 0. The van der Waals surface area contributed by atoms with Gasteiger partial charge in [0, 0.05) is 24.2 Å². The molecule has 0 saturated carbocycles. The lowest BCUT2D eigenvalue weighted by molar-refractivity contribution is -0.0823. The lowest BCUT2D eigenvalue weighted by Crippen LogP contribution is -2.63. The van der Waals surface area contributed by atoms with Gasteiger partial charge in [0.2, 0.25) is 0 Å². The molecule has 4 aliphatic rings. The second-order valence-electron chi connectivity index (χ2n) is 10.7. The van der Waals surface area contributed by atoms with Gasteiger partial charge in [-0.3, -0.25) is 14.7 Å². The van der Waals surface area contributed by atoms with Crippen molar-refractivity contribution in [1.29, 1.82) is 0 Å². The molecule has 0 aromatic heterocycles. The number of fused-ring (bicyclic) bond motifs is 1. The predicted octanol–water partition coefficient (Wildman–Crippen LogP) is 4.14. The molecule has 0 radical (unpaired) electrons. The minimum atomic E-state index is 0.297. The molecule has 3 unspecified atom stereocenters. The van der Waals surface area contributed by atoms with E-state index in [-0.39, 0.29) is 0 Å². The maximum atomic E-state index is 2.96. The lowest BCUT2D eigenvalue weighted by atomic mass is 9.69. The highest BCUT2D eigenvalue weighted by Crippen LogP contribution is 2.56. The zero-order valence-electron chi connectivity index (χ0n) is 18.6. The molecule has 150 valence electrons. The van der Waals surface area contributed by atoms with Crippen LogP contribution in [0.1, 0.15) is 67.2 Å². The molecular formula is C23H43N3. The van der Waals surface area contributed by atoms with E-state index in [1.807, 2.05) is 0 Å². The number of hydrogen-bond donors (Lipinski definition) is 0. The monoisotopic (exact) mass is 361 g/mol. The molecular weight excluding hydrogens is 318 g/mol. The largest absolute Gasteiger partial charge is 0.294 e. The normalized spacial score (nSPS) is 56.5. The Morgan fingerprint density at radius 3 is 2.12 bits per heavy atom. The van der Waals surface area contributed by atoms with Gasteiger partial charge in [0.05, 0.1) is 5.66 Å². The molecule has 0 aliphatic carbocycles. The van der Waals surface area contributed by atoms with E-state index in [0.717, 1.165) is 47.7 Å². The first-order valence-corrected chi connectivity index (χ1v) is 11.4. The smallest absolute Gasteiger partial charge is 0.0794 e. The van der Waals surface area contributed by atoms with E-state index in [4.69, 9.17) is 0 Å². The maximum absolute atomic E-state index is 2.96. The Balaban J connectivity index is 1.67. The van der Waals surface area contributed by atoms with Crippen LogP contribution in [0.25, 0.3) is 0 Å². The van der Waals surface area contributed by atoms with Gasteiger partial charge < -0.3 is 0 Å². The average molecular weight is 362 g/mol. The summed E-state index contributed by atoms with van der Waals surface area (Å²) >= 11 is 0. The quantitative estimate of drug-likeness (QED) is 0.695. The minimum absolute atomic E-state index is 0.297. The summed E-state index contributed by atoms with van der Waals surface area (Å²) in [5, 5.41) is 0. The van der Waals surface area contributed by atoms with E-state index < -0.39 is 0 Å². The van der Waals surface area contributed by atoms with Crippen molar-refractivity contribution in [2.75, 3.05) is 20.6 Å². The van der Waals surface area contributed by atoms with Crippen molar-refractivity contribution < 1.29 is 0 Å². The van der Waals surface area contributed by atoms with Gasteiger partial charge in [0.1, 0.15) is 0 Å². The molecule has 3 heteroatoms. The molecule has 0 N–H and O–H groups in total. The van der Waals surface area contributed by atoms with Crippen molar-refractivity contribution in [2.45, 2.75) is 97.1 Å². The van der Waals surface area contributed by atoms with E-state index >= 15 is 0 Å². The maximum Gasteiger partial charge on any atom is 0.0794 e. The van der Waals surface area contributed by atoms with Crippen molar-refractivity contribution >= 4 is 0 Å². The second-order valence-corrected chi connectivity index (χ2v) is 10.7. The highest BCUT2D eigenvalue weighted by molar-refractivity contribution is 5.13. The van der Waals surface area contributed by atoms with Crippen LogP contribution in [0.5, 0.6) is 0 Å². The van der Waals surface area contributed by atoms with E-state index in [9.17, 15) is 0 Å². The fraction of sp³-hybridized carbons (Fsp3) is 1.00. The molecule has 10 atom stereocenters. The van der Waals surface area contributed by atoms with Crippen LogP contribution in [0.3, 0.4) is 0 Å². The molecule has 26 heavy (non-hydrogen) atoms. The third-order valence-corrected chi connectivity index (χ3v) is 10.1. The highest BCUT2D eigenvalue weighted by Gasteiger charge is 2.62. The molecule has 3 nitrogen and oxygen atoms in total. The molecule has 0 aromatic rings. The lowest BCUT2D eigenvalue weighted by Gasteiger charge is -2.53. The van der Waals surface area contributed by atoms with Crippen LogP contribution < -0.4 is 0 Å². The van der Waals surface area contributed by atoms with Crippen LogP contribution in [-0.2, 0) is 0 Å². The molecule has 4 saturated heterocycles. The van der Waals surface area contributed by atoms with Gasteiger partial charge in [-0.25, -0.2) is 0 Å².